The number of hydrogen-bond acceptors (Lipinski definition) is 1. The van der Waals surface area contributed by atoms with Crippen molar-refractivity contribution < 1.29 is 4.79 Å². The third kappa shape index (κ3) is 2.15. The predicted octanol–water partition coefficient (Wildman–Crippen LogP) is 4.25. The molecule has 1 saturated carbocycles. The molecule has 2 aliphatic rings. The lowest BCUT2D eigenvalue weighted by atomic mass is 9.81. The summed E-state index contributed by atoms with van der Waals surface area (Å²) in [6, 6.07) is 6.61. The first-order valence-electron chi connectivity index (χ1n) is 7.00. The van der Waals surface area contributed by atoms with Gasteiger partial charge in [-0.25, -0.2) is 0 Å². The summed E-state index contributed by atoms with van der Waals surface area (Å²) in [5.41, 5.74) is 3.79. The number of carbonyl (C=O) groups excluding carboxylic acids is 1. The third-order valence-electron chi connectivity index (χ3n) is 4.36. The van der Waals surface area contributed by atoms with Crippen molar-refractivity contribution in [3.8, 4) is 0 Å². The SMILES string of the molecule is O=C1CCCc2cc(C3CCCCC3)ccc21. The maximum atomic E-state index is 11.8. The maximum absolute atomic E-state index is 11.8. The zero-order valence-corrected chi connectivity index (χ0v) is 10.4. The van der Waals surface area contributed by atoms with Crippen LogP contribution in [0, 0.1) is 0 Å². The van der Waals surface area contributed by atoms with E-state index in [-0.39, 0.29) is 0 Å². The van der Waals surface area contributed by atoms with Crippen LogP contribution in [0.3, 0.4) is 0 Å². The molecule has 0 atom stereocenters. The van der Waals surface area contributed by atoms with E-state index in [1.807, 2.05) is 0 Å². The summed E-state index contributed by atoms with van der Waals surface area (Å²) in [6.07, 6.45) is 9.72. The standard InChI is InChI=1S/C16H20O/c17-16-8-4-7-14-11-13(9-10-15(14)16)12-5-2-1-3-6-12/h9-12H,1-8H2. The molecule has 3 rings (SSSR count). The average molecular weight is 228 g/mol. The van der Waals surface area contributed by atoms with Gasteiger partial charge in [-0.1, -0.05) is 37.5 Å². The van der Waals surface area contributed by atoms with Gasteiger partial charge in [0.15, 0.2) is 5.78 Å². The number of benzene rings is 1. The number of fused-ring (bicyclic) bond motifs is 1. The van der Waals surface area contributed by atoms with E-state index in [0.717, 1.165) is 30.7 Å². The summed E-state index contributed by atoms with van der Waals surface area (Å²) in [5, 5.41) is 0. The maximum Gasteiger partial charge on any atom is 0.163 e. The molecule has 0 N–H and O–H groups in total. The number of ketones is 1. The van der Waals surface area contributed by atoms with E-state index < -0.39 is 0 Å². The van der Waals surface area contributed by atoms with Crippen LogP contribution in [-0.2, 0) is 6.42 Å². The molecule has 0 bridgehead atoms. The number of Topliss-reactive ketones (excluding diaryl/α,β-unsaturated/α-hetero) is 1. The largest absolute Gasteiger partial charge is 0.294 e. The van der Waals surface area contributed by atoms with Crippen LogP contribution < -0.4 is 0 Å². The van der Waals surface area contributed by atoms with Crippen molar-refractivity contribution in [1.82, 2.24) is 0 Å². The van der Waals surface area contributed by atoms with Crippen LogP contribution in [0.4, 0.5) is 0 Å². The molecule has 2 aliphatic carbocycles. The highest BCUT2D eigenvalue weighted by Gasteiger charge is 2.20. The van der Waals surface area contributed by atoms with Crippen LogP contribution in [0.1, 0.15) is 72.3 Å². The van der Waals surface area contributed by atoms with Crippen molar-refractivity contribution in [1.29, 1.82) is 0 Å². The Morgan fingerprint density at radius 3 is 2.59 bits per heavy atom. The molecule has 1 nitrogen and oxygen atoms in total. The summed E-state index contributed by atoms with van der Waals surface area (Å²) in [7, 11) is 0. The van der Waals surface area contributed by atoms with Crippen LogP contribution in [-0.4, -0.2) is 5.78 Å². The molecule has 0 aliphatic heterocycles. The van der Waals surface area contributed by atoms with Gasteiger partial charge in [-0.3, -0.25) is 4.79 Å². The van der Waals surface area contributed by atoms with Crippen molar-refractivity contribution in [2.75, 3.05) is 0 Å². The van der Waals surface area contributed by atoms with Gasteiger partial charge in [0.1, 0.15) is 0 Å². The summed E-state index contributed by atoms with van der Waals surface area (Å²) in [6.45, 7) is 0. The quantitative estimate of drug-likeness (QED) is 0.702. The molecule has 90 valence electrons. The lowest BCUT2D eigenvalue weighted by Crippen LogP contribution is -2.12. The molecule has 0 spiro atoms. The Morgan fingerprint density at radius 2 is 1.76 bits per heavy atom. The zero-order valence-electron chi connectivity index (χ0n) is 10.4. The van der Waals surface area contributed by atoms with Crippen molar-refractivity contribution in [2.45, 2.75) is 57.3 Å². The first-order valence-corrected chi connectivity index (χ1v) is 7.00. The highest BCUT2D eigenvalue weighted by molar-refractivity contribution is 5.98. The average Bonchev–Trinajstić information content (AvgIpc) is 2.40. The fourth-order valence-corrected chi connectivity index (χ4v) is 3.36. The Hall–Kier alpha value is -1.11. The topological polar surface area (TPSA) is 17.1 Å². The van der Waals surface area contributed by atoms with Gasteiger partial charge in [-0.2, -0.15) is 0 Å². The second-order valence-corrected chi connectivity index (χ2v) is 5.53. The van der Waals surface area contributed by atoms with Crippen molar-refractivity contribution >= 4 is 5.78 Å². The predicted molar refractivity (Wildman–Crippen MR) is 69.5 cm³/mol. The number of rotatable bonds is 1. The van der Waals surface area contributed by atoms with Gasteiger partial charge in [0.25, 0.3) is 0 Å². The molecule has 0 radical (unpaired) electrons. The zero-order chi connectivity index (χ0) is 11.7. The first-order chi connectivity index (χ1) is 8.34. The van der Waals surface area contributed by atoms with E-state index in [9.17, 15) is 4.79 Å². The summed E-state index contributed by atoms with van der Waals surface area (Å²) in [5.74, 6) is 1.10. The molecule has 17 heavy (non-hydrogen) atoms. The van der Waals surface area contributed by atoms with Crippen molar-refractivity contribution in [2.24, 2.45) is 0 Å². The van der Waals surface area contributed by atoms with E-state index in [2.05, 4.69) is 18.2 Å². The molecule has 0 aromatic heterocycles. The van der Waals surface area contributed by atoms with Gasteiger partial charge >= 0.3 is 0 Å². The lowest BCUT2D eigenvalue weighted by Gasteiger charge is -2.24. The Kier molecular flexibility index (Phi) is 3.00. The van der Waals surface area contributed by atoms with Gasteiger partial charge in [0, 0.05) is 12.0 Å². The first kappa shape index (κ1) is 11.0. The van der Waals surface area contributed by atoms with Crippen LogP contribution in [0.25, 0.3) is 0 Å². The minimum absolute atomic E-state index is 0.349. The van der Waals surface area contributed by atoms with Gasteiger partial charge < -0.3 is 0 Å². The summed E-state index contributed by atoms with van der Waals surface area (Å²) in [4.78, 5) is 11.8. The second kappa shape index (κ2) is 4.64. The molecular formula is C16H20O. The van der Waals surface area contributed by atoms with Crippen molar-refractivity contribution in [3.63, 3.8) is 0 Å². The van der Waals surface area contributed by atoms with Gasteiger partial charge in [-0.05, 0) is 42.7 Å². The molecule has 0 saturated heterocycles. The second-order valence-electron chi connectivity index (χ2n) is 5.53. The molecule has 1 aromatic rings. The minimum atomic E-state index is 0.349. The third-order valence-corrected chi connectivity index (χ3v) is 4.36. The van der Waals surface area contributed by atoms with Gasteiger partial charge in [0.05, 0.1) is 0 Å². The van der Waals surface area contributed by atoms with E-state index >= 15 is 0 Å². The summed E-state index contributed by atoms with van der Waals surface area (Å²) >= 11 is 0. The van der Waals surface area contributed by atoms with Gasteiger partial charge in [0.2, 0.25) is 0 Å². The summed E-state index contributed by atoms with van der Waals surface area (Å²) < 4.78 is 0. The fraction of sp³-hybridized carbons (Fsp3) is 0.562. The Balaban J connectivity index is 1.89. The van der Waals surface area contributed by atoms with Crippen LogP contribution >= 0.6 is 0 Å². The van der Waals surface area contributed by atoms with Crippen LogP contribution in [0.5, 0.6) is 0 Å². The molecular weight excluding hydrogens is 208 g/mol. The van der Waals surface area contributed by atoms with E-state index in [4.69, 9.17) is 0 Å². The number of aryl methyl sites for hydroxylation is 1. The molecule has 0 amide bonds. The fourth-order valence-electron chi connectivity index (χ4n) is 3.36. The number of hydrogen-bond donors (Lipinski definition) is 0. The van der Waals surface area contributed by atoms with E-state index in [1.54, 1.807) is 0 Å². The Labute approximate surface area is 103 Å². The smallest absolute Gasteiger partial charge is 0.163 e. The normalized spacial score (nSPS) is 21.3. The molecule has 1 fully saturated rings. The minimum Gasteiger partial charge on any atom is -0.294 e. The Morgan fingerprint density at radius 1 is 0.941 bits per heavy atom. The van der Waals surface area contributed by atoms with Crippen LogP contribution in [0.2, 0.25) is 0 Å². The Bertz CT molecular complexity index is 427. The molecule has 1 aromatic carbocycles. The highest BCUT2D eigenvalue weighted by Crippen LogP contribution is 2.34. The lowest BCUT2D eigenvalue weighted by molar-refractivity contribution is 0.0972. The van der Waals surface area contributed by atoms with Crippen LogP contribution in [0.15, 0.2) is 18.2 Å². The molecule has 0 heterocycles. The number of carbonyl (C=O) groups is 1. The highest BCUT2D eigenvalue weighted by atomic mass is 16.1. The van der Waals surface area contributed by atoms with Gasteiger partial charge in [-0.15, -0.1) is 0 Å². The van der Waals surface area contributed by atoms with E-state index in [0.29, 0.717) is 5.78 Å². The molecule has 1 heteroatoms. The monoisotopic (exact) mass is 228 g/mol. The van der Waals surface area contributed by atoms with E-state index in [1.165, 1.54) is 43.2 Å². The van der Waals surface area contributed by atoms with Crippen molar-refractivity contribution in [3.05, 3.63) is 34.9 Å². The molecule has 0 unspecified atom stereocenters.